The predicted molar refractivity (Wildman–Crippen MR) is 48.7 cm³/mol. The normalized spacial score (nSPS) is 36.6. The predicted octanol–water partition coefficient (Wildman–Crippen LogP) is 1.44. The van der Waals surface area contributed by atoms with Gasteiger partial charge >= 0.3 is 0 Å². The number of carbonyl (C=O) groups is 1. The molecule has 0 radical (unpaired) electrons. The van der Waals surface area contributed by atoms with Crippen molar-refractivity contribution in [3.05, 3.63) is 0 Å². The molecular weight excluding hydrogens is 166 g/mol. The Morgan fingerprint density at radius 3 is 2.85 bits per heavy atom. The maximum atomic E-state index is 11.7. The molecule has 2 aliphatic rings. The van der Waals surface area contributed by atoms with Gasteiger partial charge in [0.2, 0.25) is 5.91 Å². The van der Waals surface area contributed by atoms with Crippen LogP contribution in [0.2, 0.25) is 0 Å². The average molecular weight is 183 g/mol. The molecule has 3 atom stereocenters. The van der Waals surface area contributed by atoms with E-state index in [1.54, 1.807) is 14.2 Å². The lowest BCUT2D eigenvalue weighted by molar-refractivity contribution is -0.181. The molecule has 2 aliphatic carbocycles. The largest absolute Gasteiger partial charge is 0.275 e. The summed E-state index contributed by atoms with van der Waals surface area (Å²) in [5, 5.41) is 1.37. The van der Waals surface area contributed by atoms with Crippen molar-refractivity contribution in [2.24, 2.45) is 17.8 Å². The summed E-state index contributed by atoms with van der Waals surface area (Å²) in [5.41, 5.74) is 0. The first-order valence-corrected chi connectivity index (χ1v) is 5.05. The number of amides is 1. The third kappa shape index (κ3) is 1.35. The van der Waals surface area contributed by atoms with Crippen LogP contribution in [-0.4, -0.2) is 25.1 Å². The highest BCUT2D eigenvalue weighted by molar-refractivity contribution is 5.79. The van der Waals surface area contributed by atoms with Crippen LogP contribution in [0.3, 0.4) is 0 Å². The molecule has 0 spiro atoms. The molecule has 0 saturated heterocycles. The maximum absolute atomic E-state index is 11.7. The van der Waals surface area contributed by atoms with Gasteiger partial charge in [-0.25, -0.2) is 5.06 Å². The Bertz CT molecular complexity index is 217. The van der Waals surface area contributed by atoms with E-state index in [0.29, 0.717) is 5.92 Å². The summed E-state index contributed by atoms with van der Waals surface area (Å²) >= 11 is 0. The van der Waals surface area contributed by atoms with Gasteiger partial charge in [0.1, 0.15) is 0 Å². The van der Waals surface area contributed by atoms with Crippen molar-refractivity contribution in [3.8, 4) is 0 Å². The van der Waals surface area contributed by atoms with E-state index in [2.05, 4.69) is 0 Å². The van der Waals surface area contributed by atoms with Crippen LogP contribution in [-0.2, 0) is 9.63 Å². The summed E-state index contributed by atoms with van der Waals surface area (Å²) in [7, 11) is 3.24. The van der Waals surface area contributed by atoms with Crippen LogP contribution in [0.25, 0.3) is 0 Å². The zero-order chi connectivity index (χ0) is 9.42. The van der Waals surface area contributed by atoms with Crippen molar-refractivity contribution in [1.82, 2.24) is 5.06 Å². The summed E-state index contributed by atoms with van der Waals surface area (Å²) < 4.78 is 0. The van der Waals surface area contributed by atoms with E-state index in [0.717, 1.165) is 12.3 Å². The second kappa shape index (κ2) is 3.29. The second-order valence-electron chi connectivity index (χ2n) is 4.22. The molecule has 0 N–H and O–H groups in total. The second-order valence-corrected chi connectivity index (χ2v) is 4.22. The minimum atomic E-state index is 0.172. The number of rotatable bonds is 2. The van der Waals surface area contributed by atoms with Gasteiger partial charge in [-0.2, -0.15) is 0 Å². The van der Waals surface area contributed by atoms with Gasteiger partial charge in [-0.3, -0.25) is 9.63 Å². The van der Waals surface area contributed by atoms with E-state index in [-0.39, 0.29) is 11.8 Å². The van der Waals surface area contributed by atoms with E-state index in [9.17, 15) is 4.79 Å². The molecule has 0 aromatic rings. The Labute approximate surface area is 79.0 Å². The lowest BCUT2D eigenvalue weighted by Crippen LogP contribution is -2.44. The molecule has 0 bridgehead atoms. The maximum Gasteiger partial charge on any atom is 0.249 e. The van der Waals surface area contributed by atoms with Crippen LogP contribution in [0.15, 0.2) is 0 Å². The zero-order valence-electron chi connectivity index (χ0n) is 8.32. The molecule has 0 aromatic heterocycles. The average Bonchev–Trinajstić information content (AvgIpc) is 2.46. The third-order valence-corrected chi connectivity index (χ3v) is 3.69. The molecule has 74 valence electrons. The molecule has 2 saturated carbocycles. The van der Waals surface area contributed by atoms with E-state index < -0.39 is 0 Å². The minimum absolute atomic E-state index is 0.172. The SMILES string of the molecule is CON(C)C(=O)C1CC2CCCC21. The number of nitrogens with zero attached hydrogens (tertiary/aromatic N) is 1. The van der Waals surface area contributed by atoms with Crippen molar-refractivity contribution in [1.29, 1.82) is 0 Å². The number of hydrogen-bond donors (Lipinski definition) is 0. The lowest BCUT2D eigenvalue weighted by atomic mass is 9.66. The van der Waals surface area contributed by atoms with Crippen molar-refractivity contribution in [2.45, 2.75) is 25.7 Å². The molecule has 0 aliphatic heterocycles. The van der Waals surface area contributed by atoms with Crippen LogP contribution in [0.5, 0.6) is 0 Å². The van der Waals surface area contributed by atoms with E-state index in [1.807, 2.05) is 0 Å². The van der Waals surface area contributed by atoms with Gasteiger partial charge in [0.25, 0.3) is 0 Å². The molecule has 3 nitrogen and oxygen atoms in total. The minimum Gasteiger partial charge on any atom is -0.275 e. The van der Waals surface area contributed by atoms with Gasteiger partial charge in [0, 0.05) is 13.0 Å². The smallest absolute Gasteiger partial charge is 0.249 e. The van der Waals surface area contributed by atoms with Gasteiger partial charge < -0.3 is 0 Å². The molecule has 2 fully saturated rings. The number of hydrogen-bond acceptors (Lipinski definition) is 2. The Morgan fingerprint density at radius 2 is 2.23 bits per heavy atom. The fourth-order valence-electron chi connectivity index (χ4n) is 2.80. The van der Waals surface area contributed by atoms with Gasteiger partial charge in [-0.1, -0.05) is 12.8 Å². The Balaban J connectivity index is 1.92. The summed E-state index contributed by atoms with van der Waals surface area (Å²) in [6.07, 6.45) is 5.00. The van der Waals surface area contributed by atoms with Crippen LogP contribution in [0.1, 0.15) is 25.7 Å². The molecule has 13 heavy (non-hydrogen) atoms. The monoisotopic (exact) mass is 183 g/mol. The molecule has 0 heterocycles. The summed E-state index contributed by atoms with van der Waals surface area (Å²) in [6, 6.07) is 0. The van der Waals surface area contributed by atoms with Crippen molar-refractivity contribution in [2.75, 3.05) is 14.2 Å². The Hall–Kier alpha value is -0.570. The highest BCUT2D eigenvalue weighted by Crippen LogP contribution is 2.51. The summed E-state index contributed by atoms with van der Waals surface area (Å²) in [4.78, 5) is 16.6. The van der Waals surface area contributed by atoms with E-state index in [4.69, 9.17) is 4.84 Å². The number of hydroxylamine groups is 2. The van der Waals surface area contributed by atoms with E-state index in [1.165, 1.54) is 24.3 Å². The lowest BCUT2D eigenvalue weighted by Gasteiger charge is -2.40. The Morgan fingerprint density at radius 1 is 1.46 bits per heavy atom. The number of carbonyl (C=O) groups excluding carboxylic acids is 1. The molecule has 1 amide bonds. The van der Waals surface area contributed by atoms with E-state index >= 15 is 0 Å². The quantitative estimate of drug-likeness (QED) is 0.606. The van der Waals surface area contributed by atoms with Crippen molar-refractivity contribution < 1.29 is 9.63 Å². The van der Waals surface area contributed by atoms with Crippen LogP contribution < -0.4 is 0 Å². The van der Waals surface area contributed by atoms with Gasteiger partial charge in [0.15, 0.2) is 0 Å². The topological polar surface area (TPSA) is 29.5 Å². The third-order valence-electron chi connectivity index (χ3n) is 3.69. The summed E-state index contributed by atoms with van der Waals surface area (Å²) in [5.74, 6) is 1.95. The molecule has 3 unspecified atom stereocenters. The van der Waals surface area contributed by atoms with Crippen LogP contribution in [0.4, 0.5) is 0 Å². The summed E-state index contributed by atoms with van der Waals surface area (Å²) in [6.45, 7) is 0. The standard InChI is InChI=1S/C10H17NO2/c1-11(13-2)10(12)9-6-7-4-3-5-8(7)9/h7-9H,3-6H2,1-2H3. The first kappa shape index (κ1) is 9.00. The molecule has 3 heteroatoms. The van der Waals surface area contributed by atoms with Crippen molar-refractivity contribution in [3.63, 3.8) is 0 Å². The van der Waals surface area contributed by atoms with Gasteiger partial charge in [-0.15, -0.1) is 0 Å². The van der Waals surface area contributed by atoms with Gasteiger partial charge in [-0.05, 0) is 24.7 Å². The van der Waals surface area contributed by atoms with Crippen LogP contribution >= 0.6 is 0 Å². The fraction of sp³-hybridized carbons (Fsp3) is 0.900. The number of fused-ring (bicyclic) bond motifs is 1. The highest BCUT2D eigenvalue weighted by atomic mass is 16.7. The van der Waals surface area contributed by atoms with Crippen LogP contribution in [0, 0.1) is 17.8 Å². The Kier molecular flexibility index (Phi) is 2.28. The molecular formula is C10H17NO2. The highest BCUT2D eigenvalue weighted by Gasteiger charge is 2.48. The molecule has 2 rings (SSSR count). The zero-order valence-corrected chi connectivity index (χ0v) is 8.32. The fourth-order valence-corrected chi connectivity index (χ4v) is 2.80. The molecule has 0 aromatic carbocycles. The van der Waals surface area contributed by atoms with Gasteiger partial charge in [0.05, 0.1) is 7.11 Å². The first-order valence-electron chi connectivity index (χ1n) is 5.05. The first-order chi connectivity index (χ1) is 6.24. The van der Waals surface area contributed by atoms with Crippen molar-refractivity contribution >= 4 is 5.91 Å².